The lowest BCUT2D eigenvalue weighted by molar-refractivity contribution is 0.276. The lowest BCUT2D eigenvalue weighted by atomic mass is 9.83. The van der Waals surface area contributed by atoms with E-state index in [9.17, 15) is 4.39 Å². The fourth-order valence-corrected chi connectivity index (χ4v) is 4.17. The molecule has 0 radical (unpaired) electrons. The molecule has 3 heteroatoms. The number of halogens is 1. The maximum Gasteiger partial charge on any atom is 0.126 e. The van der Waals surface area contributed by atoms with Crippen LogP contribution in [0.25, 0.3) is 0 Å². The number of hydrazine groups is 1. The van der Waals surface area contributed by atoms with Gasteiger partial charge in [-0.1, -0.05) is 24.6 Å². The number of rotatable bonds is 5. The van der Waals surface area contributed by atoms with Gasteiger partial charge in [0.05, 0.1) is 0 Å². The van der Waals surface area contributed by atoms with E-state index >= 15 is 0 Å². The van der Waals surface area contributed by atoms with Gasteiger partial charge in [-0.2, -0.15) is 0 Å². The van der Waals surface area contributed by atoms with E-state index in [0.29, 0.717) is 6.42 Å². The molecule has 0 spiro atoms. The molecule has 0 aliphatic heterocycles. The summed E-state index contributed by atoms with van der Waals surface area (Å²) in [7, 11) is 0. The Morgan fingerprint density at radius 2 is 2.11 bits per heavy atom. The Hall–Kier alpha value is -0.930. The van der Waals surface area contributed by atoms with Gasteiger partial charge >= 0.3 is 0 Å². The standard InChI is InChI=1S/C16H23FN2/c17-16-4-2-1-3-13(16)9-15(19-18)10-14-8-11-5-6-12(14)7-11/h1-4,11-12,14-15,19H,5-10,18H2. The van der Waals surface area contributed by atoms with Crippen molar-refractivity contribution in [1.82, 2.24) is 5.43 Å². The summed E-state index contributed by atoms with van der Waals surface area (Å²) in [4.78, 5) is 0. The molecule has 2 aliphatic carbocycles. The third-order valence-electron chi connectivity index (χ3n) is 5.13. The zero-order chi connectivity index (χ0) is 13.2. The summed E-state index contributed by atoms with van der Waals surface area (Å²) in [5.74, 6) is 8.22. The average Bonchev–Trinajstić information content (AvgIpc) is 3.02. The molecule has 19 heavy (non-hydrogen) atoms. The zero-order valence-electron chi connectivity index (χ0n) is 11.3. The molecule has 3 N–H and O–H groups in total. The fraction of sp³-hybridized carbons (Fsp3) is 0.625. The molecule has 0 amide bonds. The largest absolute Gasteiger partial charge is 0.271 e. The Kier molecular flexibility index (Phi) is 3.85. The smallest absolute Gasteiger partial charge is 0.126 e. The van der Waals surface area contributed by atoms with E-state index in [4.69, 9.17) is 5.84 Å². The molecule has 0 aromatic heterocycles. The Labute approximate surface area is 114 Å². The summed E-state index contributed by atoms with van der Waals surface area (Å²) >= 11 is 0. The van der Waals surface area contributed by atoms with Gasteiger partial charge in [-0.25, -0.2) is 4.39 Å². The van der Waals surface area contributed by atoms with Crippen LogP contribution < -0.4 is 11.3 Å². The molecular weight excluding hydrogens is 239 g/mol. The maximum atomic E-state index is 13.7. The quantitative estimate of drug-likeness (QED) is 0.632. The van der Waals surface area contributed by atoms with Crippen LogP contribution >= 0.6 is 0 Å². The highest BCUT2D eigenvalue weighted by atomic mass is 19.1. The molecule has 3 rings (SSSR count). The van der Waals surface area contributed by atoms with Crippen LogP contribution in [0.3, 0.4) is 0 Å². The van der Waals surface area contributed by atoms with Crippen LogP contribution in [-0.2, 0) is 6.42 Å². The number of hydrogen-bond donors (Lipinski definition) is 2. The Morgan fingerprint density at radius 1 is 1.26 bits per heavy atom. The van der Waals surface area contributed by atoms with Gasteiger partial charge in [0.2, 0.25) is 0 Å². The molecule has 2 bridgehead atoms. The number of benzene rings is 1. The van der Waals surface area contributed by atoms with Crippen LogP contribution in [-0.4, -0.2) is 6.04 Å². The monoisotopic (exact) mass is 262 g/mol. The van der Waals surface area contributed by atoms with E-state index in [0.717, 1.165) is 29.7 Å². The fourth-order valence-electron chi connectivity index (χ4n) is 4.17. The zero-order valence-corrected chi connectivity index (χ0v) is 11.3. The molecule has 0 saturated heterocycles. The van der Waals surface area contributed by atoms with Crippen molar-refractivity contribution in [2.45, 2.75) is 44.6 Å². The van der Waals surface area contributed by atoms with E-state index in [-0.39, 0.29) is 11.9 Å². The van der Waals surface area contributed by atoms with Crippen LogP contribution in [0.5, 0.6) is 0 Å². The van der Waals surface area contributed by atoms with E-state index in [1.165, 1.54) is 31.7 Å². The van der Waals surface area contributed by atoms with Gasteiger partial charge in [-0.3, -0.25) is 11.3 Å². The van der Waals surface area contributed by atoms with Crippen LogP contribution in [0.4, 0.5) is 4.39 Å². The Morgan fingerprint density at radius 3 is 2.74 bits per heavy atom. The van der Waals surface area contributed by atoms with Crippen molar-refractivity contribution in [3.05, 3.63) is 35.6 Å². The lowest BCUT2D eigenvalue weighted by Gasteiger charge is -2.26. The Balaban J connectivity index is 1.60. The van der Waals surface area contributed by atoms with E-state index in [1.807, 2.05) is 12.1 Å². The van der Waals surface area contributed by atoms with Gasteiger partial charge < -0.3 is 0 Å². The third kappa shape index (κ3) is 2.82. The van der Waals surface area contributed by atoms with Crippen LogP contribution in [0.2, 0.25) is 0 Å². The Bertz CT molecular complexity index is 435. The molecule has 0 heterocycles. The topological polar surface area (TPSA) is 38.0 Å². The first-order valence-corrected chi connectivity index (χ1v) is 7.45. The highest BCUT2D eigenvalue weighted by Gasteiger charge is 2.39. The van der Waals surface area contributed by atoms with Gasteiger partial charge in [0.25, 0.3) is 0 Å². The second-order valence-electron chi connectivity index (χ2n) is 6.33. The highest BCUT2D eigenvalue weighted by Crippen LogP contribution is 2.49. The average molecular weight is 262 g/mol. The van der Waals surface area contributed by atoms with Gasteiger partial charge in [-0.15, -0.1) is 0 Å². The first-order chi connectivity index (χ1) is 9.26. The van der Waals surface area contributed by atoms with Crippen molar-refractivity contribution in [3.63, 3.8) is 0 Å². The van der Waals surface area contributed by atoms with Crippen molar-refractivity contribution in [1.29, 1.82) is 0 Å². The number of fused-ring (bicyclic) bond motifs is 2. The molecule has 2 fully saturated rings. The maximum absolute atomic E-state index is 13.7. The number of nitrogens with one attached hydrogen (secondary N) is 1. The minimum absolute atomic E-state index is 0.115. The van der Waals surface area contributed by atoms with Gasteiger partial charge in [0, 0.05) is 6.04 Å². The van der Waals surface area contributed by atoms with Crippen LogP contribution in [0.15, 0.2) is 24.3 Å². The first kappa shape index (κ1) is 13.1. The summed E-state index contributed by atoms with van der Waals surface area (Å²) in [6.45, 7) is 0. The first-order valence-electron chi connectivity index (χ1n) is 7.45. The predicted molar refractivity (Wildman–Crippen MR) is 74.8 cm³/mol. The summed E-state index contributed by atoms with van der Waals surface area (Å²) < 4.78 is 13.7. The molecule has 2 saturated carbocycles. The summed E-state index contributed by atoms with van der Waals surface area (Å²) in [6.07, 6.45) is 7.38. The molecule has 2 nitrogen and oxygen atoms in total. The lowest BCUT2D eigenvalue weighted by Crippen LogP contribution is -2.39. The molecular formula is C16H23FN2. The van der Waals surface area contributed by atoms with E-state index in [1.54, 1.807) is 6.07 Å². The highest BCUT2D eigenvalue weighted by molar-refractivity contribution is 5.18. The molecule has 104 valence electrons. The predicted octanol–water partition coefficient (Wildman–Crippen LogP) is 3.03. The summed E-state index contributed by atoms with van der Waals surface area (Å²) in [6, 6.07) is 7.21. The molecule has 4 unspecified atom stereocenters. The van der Waals surface area contributed by atoms with Crippen molar-refractivity contribution in [2.75, 3.05) is 0 Å². The van der Waals surface area contributed by atoms with Crippen molar-refractivity contribution in [3.8, 4) is 0 Å². The molecule has 1 aromatic carbocycles. The summed E-state index contributed by atoms with van der Waals surface area (Å²) in [5, 5.41) is 0. The van der Waals surface area contributed by atoms with Gasteiger partial charge in [-0.05, 0) is 61.5 Å². The third-order valence-corrected chi connectivity index (χ3v) is 5.13. The van der Waals surface area contributed by atoms with E-state index in [2.05, 4.69) is 5.43 Å². The van der Waals surface area contributed by atoms with E-state index < -0.39 is 0 Å². The second kappa shape index (κ2) is 5.59. The number of nitrogens with two attached hydrogens (primary N) is 1. The minimum Gasteiger partial charge on any atom is -0.271 e. The normalized spacial score (nSPS) is 30.7. The van der Waals surface area contributed by atoms with Crippen LogP contribution in [0.1, 0.15) is 37.7 Å². The van der Waals surface area contributed by atoms with Crippen LogP contribution in [0, 0.1) is 23.6 Å². The SMILES string of the molecule is NNC(Cc1ccccc1F)CC1CC2CCC1C2. The number of hydrogen-bond acceptors (Lipinski definition) is 2. The van der Waals surface area contributed by atoms with Crippen molar-refractivity contribution >= 4 is 0 Å². The van der Waals surface area contributed by atoms with Crippen molar-refractivity contribution < 1.29 is 4.39 Å². The molecule has 2 aliphatic rings. The molecule has 4 atom stereocenters. The summed E-state index contributed by atoms with van der Waals surface area (Å²) in [5.41, 5.74) is 3.67. The minimum atomic E-state index is -0.115. The van der Waals surface area contributed by atoms with Crippen molar-refractivity contribution in [2.24, 2.45) is 23.6 Å². The van der Waals surface area contributed by atoms with Gasteiger partial charge in [0.15, 0.2) is 0 Å². The van der Waals surface area contributed by atoms with Gasteiger partial charge in [0.1, 0.15) is 5.82 Å². The molecule has 1 aromatic rings. The second-order valence-corrected chi connectivity index (χ2v) is 6.33.